The summed E-state index contributed by atoms with van der Waals surface area (Å²) in [5, 5.41) is 6.54. The van der Waals surface area contributed by atoms with Crippen LogP contribution in [0.2, 0.25) is 0 Å². The molecule has 0 aliphatic heterocycles. The fourth-order valence-corrected chi connectivity index (χ4v) is 2.05. The molecule has 0 aliphatic carbocycles. The van der Waals surface area contributed by atoms with Crippen molar-refractivity contribution in [3.05, 3.63) is 24.3 Å². The van der Waals surface area contributed by atoms with E-state index in [0.29, 0.717) is 6.42 Å². The molecule has 0 saturated carbocycles. The minimum absolute atomic E-state index is 0.215. The first-order chi connectivity index (χ1) is 9.57. The molecular formula is C16H26N2O2. The van der Waals surface area contributed by atoms with Crippen molar-refractivity contribution in [3.8, 4) is 5.75 Å². The monoisotopic (exact) mass is 278 g/mol. The first-order valence-electron chi connectivity index (χ1n) is 7.22. The summed E-state index contributed by atoms with van der Waals surface area (Å²) in [5.74, 6) is 0.971. The number of anilines is 1. The highest BCUT2D eigenvalue weighted by Crippen LogP contribution is 2.28. The Kier molecular flexibility index (Phi) is 6.52. The molecule has 1 unspecified atom stereocenters. The molecule has 112 valence electrons. The van der Waals surface area contributed by atoms with E-state index in [2.05, 4.69) is 10.6 Å². The van der Waals surface area contributed by atoms with Crippen LogP contribution in [0.3, 0.4) is 0 Å². The van der Waals surface area contributed by atoms with Gasteiger partial charge in [0.2, 0.25) is 0 Å². The number of hydrogen-bond donors (Lipinski definition) is 2. The van der Waals surface area contributed by atoms with Crippen LogP contribution < -0.4 is 15.4 Å². The zero-order valence-electron chi connectivity index (χ0n) is 13.0. The van der Waals surface area contributed by atoms with E-state index >= 15 is 0 Å². The van der Waals surface area contributed by atoms with Gasteiger partial charge in [-0.05, 0) is 32.0 Å². The normalized spacial score (nSPS) is 13.6. The molecule has 1 rings (SSSR count). The molecule has 0 aliphatic rings. The quantitative estimate of drug-likeness (QED) is 0.682. The van der Waals surface area contributed by atoms with Crippen LogP contribution in [-0.2, 0) is 4.79 Å². The molecule has 4 nitrogen and oxygen atoms in total. The number of ketones is 1. The summed E-state index contributed by atoms with van der Waals surface area (Å²) < 4.78 is 5.33. The van der Waals surface area contributed by atoms with Gasteiger partial charge in [-0.1, -0.05) is 26.0 Å². The van der Waals surface area contributed by atoms with Crippen LogP contribution >= 0.6 is 0 Å². The Balaban J connectivity index is 2.80. The summed E-state index contributed by atoms with van der Waals surface area (Å²) in [4.78, 5) is 12.4. The van der Waals surface area contributed by atoms with Gasteiger partial charge in [-0.2, -0.15) is 0 Å². The first kappa shape index (κ1) is 16.5. The van der Waals surface area contributed by atoms with E-state index in [1.165, 1.54) is 0 Å². The van der Waals surface area contributed by atoms with Crippen LogP contribution in [0.1, 0.15) is 33.6 Å². The molecule has 0 fully saturated rings. The maximum atomic E-state index is 12.4. The molecular weight excluding hydrogens is 252 g/mol. The van der Waals surface area contributed by atoms with Crippen molar-refractivity contribution in [1.82, 2.24) is 5.32 Å². The minimum atomic E-state index is -0.565. The van der Waals surface area contributed by atoms with E-state index in [4.69, 9.17) is 4.74 Å². The molecule has 1 aromatic carbocycles. The lowest BCUT2D eigenvalue weighted by Crippen LogP contribution is -2.44. The van der Waals surface area contributed by atoms with Crippen LogP contribution in [-0.4, -0.2) is 31.5 Å². The lowest BCUT2D eigenvalue weighted by molar-refractivity contribution is -0.122. The van der Waals surface area contributed by atoms with Gasteiger partial charge in [-0.15, -0.1) is 0 Å². The predicted octanol–water partition coefficient (Wildman–Crippen LogP) is 2.84. The Morgan fingerprint density at radius 3 is 2.60 bits per heavy atom. The van der Waals surface area contributed by atoms with Gasteiger partial charge in [0.15, 0.2) is 5.78 Å². The van der Waals surface area contributed by atoms with Crippen LogP contribution in [0.25, 0.3) is 0 Å². The largest absolute Gasteiger partial charge is 0.495 e. The molecule has 0 bridgehead atoms. The number of benzene rings is 1. The Morgan fingerprint density at radius 1 is 1.30 bits per heavy atom. The molecule has 20 heavy (non-hydrogen) atoms. The molecule has 1 aromatic rings. The van der Waals surface area contributed by atoms with Crippen molar-refractivity contribution in [1.29, 1.82) is 0 Å². The summed E-state index contributed by atoms with van der Waals surface area (Å²) >= 11 is 0. The van der Waals surface area contributed by atoms with Crippen molar-refractivity contribution in [2.45, 2.75) is 39.2 Å². The Morgan fingerprint density at radius 2 is 2.00 bits per heavy atom. The first-order valence-corrected chi connectivity index (χ1v) is 7.22. The van der Waals surface area contributed by atoms with Gasteiger partial charge < -0.3 is 15.4 Å². The minimum Gasteiger partial charge on any atom is -0.495 e. The van der Waals surface area contributed by atoms with E-state index in [0.717, 1.165) is 30.9 Å². The van der Waals surface area contributed by atoms with Crippen molar-refractivity contribution < 1.29 is 9.53 Å². The highest BCUT2D eigenvalue weighted by molar-refractivity contribution is 5.91. The maximum absolute atomic E-state index is 12.4. The Hall–Kier alpha value is -1.55. The van der Waals surface area contributed by atoms with Gasteiger partial charge in [0.25, 0.3) is 0 Å². The molecule has 0 radical (unpaired) electrons. The highest BCUT2D eigenvalue weighted by Gasteiger charge is 2.30. The number of Topliss-reactive ketones (excluding diaryl/α,β-unsaturated/α-hetero) is 1. The smallest absolute Gasteiger partial charge is 0.159 e. The van der Waals surface area contributed by atoms with Gasteiger partial charge in [-0.25, -0.2) is 0 Å². The molecule has 0 heterocycles. The number of para-hydroxylation sites is 2. The van der Waals surface area contributed by atoms with Crippen molar-refractivity contribution in [2.75, 3.05) is 25.5 Å². The van der Waals surface area contributed by atoms with E-state index in [-0.39, 0.29) is 5.78 Å². The standard InChI is InChI=1S/C16H26N2O2/c1-5-16(3,15(19)11-12-17-6-2)18-13-9-7-8-10-14(13)20-4/h7-10,17-18H,5-6,11-12H2,1-4H3. The van der Waals surface area contributed by atoms with Gasteiger partial charge in [0.05, 0.1) is 18.3 Å². The fourth-order valence-electron chi connectivity index (χ4n) is 2.05. The SMILES string of the molecule is CCNCCC(=O)C(C)(CC)Nc1ccccc1OC. The third-order valence-electron chi connectivity index (χ3n) is 3.62. The number of hydrogen-bond acceptors (Lipinski definition) is 4. The highest BCUT2D eigenvalue weighted by atomic mass is 16.5. The van der Waals surface area contributed by atoms with Gasteiger partial charge in [0, 0.05) is 13.0 Å². The molecule has 4 heteroatoms. The second-order valence-electron chi connectivity index (χ2n) is 5.04. The molecule has 0 spiro atoms. The number of rotatable bonds is 9. The van der Waals surface area contributed by atoms with Crippen molar-refractivity contribution in [2.24, 2.45) is 0 Å². The average Bonchev–Trinajstić information content (AvgIpc) is 2.47. The molecule has 0 amide bonds. The van der Waals surface area contributed by atoms with Crippen LogP contribution in [0.5, 0.6) is 5.75 Å². The van der Waals surface area contributed by atoms with Gasteiger partial charge in [0.1, 0.15) is 5.75 Å². The number of carbonyl (C=O) groups is 1. The summed E-state index contributed by atoms with van der Waals surface area (Å²) in [6.45, 7) is 7.62. The zero-order chi connectivity index (χ0) is 15.0. The maximum Gasteiger partial charge on any atom is 0.159 e. The van der Waals surface area contributed by atoms with Crippen molar-refractivity contribution in [3.63, 3.8) is 0 Å². The lowest BCUT2D eigenvalue weighted by Gasteiger charge is -2.30. The second kappa shape index (κ2) is 7.90. The number of nitrogens with one attached hydrogen (secondary N) is 2. The topological polar surface area (TPSA) is 50.4 Å². The third kappa shape index (κ3) is 4.23. The summed E-state index contributed by atoms with van der Waals surface area (Å²) in [6, 6.07) is 7.68. The number of carbonyl (C=O) groups excluding carboxylic acids is 1. The number of methoxy groups -OCH3 is 1. The van der Waals surface area contributed by atoms with E-state index in [9.17, 15) is 4.79 Å². The third-order valence-corrected chi connectivity index (χ3v) is 3.62. The average molecular weight is 278 g/mol. The van der Waals surface area contributed by atoms with Crippen LogP contribution in [0.4, 0.5) is 5.69 Å². The lowest BCUT2D eigenvalue weighted by atomic mass is 9.90. The van der Waals surface area contributed by atoms with Crippen LogP contribution in [0.15, 0.2) is 24.3 Å². The van der Waals surface area contributed by atoms with Crippen LogP contribution in [0, 0.1) is 0 Å². The molecule has 1 atom stereocenters. The van der Waals surface area contributed by atoms with Gasteiger partial charge >= 0.3 is 0 Å². The summed E-state index contributed by atoms with van der Waals surface area (Å²) in [6.07, 6.45) is 1.26. The Bertz CT molecular complexity index is 434. The summed E-state index contributed by atoms with van der Waals surface area (Å²) in [7, 11) is 1.64. The molecule has 0 aromatic heterocycles. The van der Waals surface area contributed by atoms with Crippen molar-refractivity contribution >= 4 is 11.5 Å². The predicted molar refractivity (Wildman–Crippen MR) is 83.5 cm³/mol. The number of ether oxygens (including phenoxy) is 1. The Labute approximate surface area is 121 Å². The zero-order valence-corrected chi connectivity index (χ0v) is 13.0. The van der Waals surface area contributed by atoms with E-state index in [1.54, 1.807) is 7.11 Å². The molecule has 0 saturated heterocycles. The van der Waals surface area contributed by atoms with E-state index < -0.39 is 5.54 Å². The fraction of sp³-hybridized carbons (Fsp3) is 0.562. The summed E-state index contributed by atoms with van der Waals surface area (Å²) in [5.41, 5.74) is 0.292. The second-order valence-corrected chi connectivity index (χ2v) is 5.04. The molecule has 2 N–H and O–H groups in total. The van der Waals surface area contributed by atoms with E-state index in [1.807, 2.05) is 45.0 Å². The van der Waals surface area contributed by atoms with Gasteiger partial charge in [-0.3, -0.25) is 4.79 Å².